The Morgan fingerprint density at radius 2 is 1.71 bits per heavy atom. The van der Waals surface area contributed by atoms with E-state index in [1.807, 2.05) is 12.1 Å². The van der Waals surface area contributed by atoms with Crippen LogP contribution >= 0.6 is 11.8 Å². The van der Waals surface area contributed by atoms with Crippen LogP contribution in [0.25, 0.3) is 10.9 Å². The number of rotatable bonds is 6. The van der Waals surface area contributed by atoms with Crippen molar-refractivity contribution in [3.8, 4) is 5.75 Å². The van der Waals surface area contributed by atoms with Crippen molar-refractivity contribution in [3.63, 3.8) is 0 Å². The van der Waals surface area contributed by atoms with Gasteiger partial charge in [-0.15, -0.1) is 11.8 Å². The quantitative estimate of drug-likeness (QED) is 0.213. The van der Waals surface area contributed by atoms with Gasteiger partial charge in [0.25, 0.3) is 0 Å². The van der Waals surface area contributed by atoms with E-state index in [0.717, 1.165) is 16.0 Å². The second-order valence-electron chi connectivity index (χ2n) is 10.2. The lowest BCUT2D eigenvalue weighted by Gasteiger charge is -2.28. The Morgan fingerprint density at radius 3 is 2.26 bits per heavy atom. The van der Waals surface area contributed by atoms with Crippen LogP contribution in [0.2, 0.25) is 0 Å². The van der Waals surface area contributed by atoms with E-state index >= 15 is 0 Å². The van der Waals surface area contributed by atoms with E-state index in [1.165, 1.54) is 24.0 Å². The van der Waals surface area contributed by atoms with Gasteiger partial charge in [-0.2, -0.15) is 5.10 Å². The Hall–Kier alpha value is -3.26. The molecule has 0 aliphatic heterocycles. The second-order valence-corrected chi connectivity index (χ2v) is 11.3. The first-order chi connectivity index (χ1) is 15.8. The van der Waals surface area contributed by atoms with Crippen LogP contribution < -0.4 is 5.43 Å². The summed E-state index contributed by atoms with van der Waals surface area (Å²) in [5, 5.41) is 24.9. The smallest absolute Gasteiger partial charge is 0.337 e. The SMILES string of the molecule is CC(C)(C)c1cc(SCC(=O)N/N=C\c2c[nH]c3c(C(=O)O)cccc23)cc(C(C)(C)C)c1O. The molecule has 1 amide bonds. The molecular weight excluding hydrogens is 450 g/mol. The molecule has 8 heteroatoms. The minimum atomic E-state index is -1.01. The largest absolute Gasteiger partial charge is 0.507 e. The molecule has 0 radical (unpaired) electrons. The van der Waals surface area contributed by atoms with Gasteiger partial charge in [0.05, 0.1) is 23.0 Å². The number of carboxylic acid groups (broad SMARTS) is 1. The fraction of sp³-hybridized carbons (Fsp3) is 0.346. The standard InChI is InChI=1S/C26H31N3O4S/c1-25(2,3)19-10-16(11-20(23(19)31)26(4,5)6)34-14-21(30)29-28-13-15-12-27-22-17(15)8-7-9-18(22)24(32)33/h7-13,27,31H,14H2,1-6H3,(H,29,30)(H,32,33)/b28-13-. The van der Waals surface area contributed by atoms with Crippen LogP contribution in [-0.4, -0.2) is 39.0 Å². The average Bonchev–Trinajstić information content (AvgIpc) is 3.14. The summed E-state index contributed by atoms with van der Waals surface area (Å²) in [6.07, 6.45) is 3.14. The number of para-hydroxylation sites is 1. The van der Waals surface area contributed by atoms with Gasteiger partial charge in [0.1, 0.15) is 5.75 Å². The summed E-state index contributed by atoms with van der Waals surface area (Å²) in [7, 11) is 0. The number of aromatic hydroxyl groups is 1. The Kier molecular flexibility index (Phi) is 7.12. The lowest BCUT2D eigenvalue weighted by Crippen LogP contribution is -2.20. The maximum Gasteiger partial charge on any atom is 0.337 e. The molecule has 0 atom stereocenters. The number of aromatic nitrogens is 1. The maximum atomic E-state index is 12.4. The van der Waals surface area contributed by atoms with E-state index in [2.05, 4.69) is 57.1 Å². The number of benzene rings is 2. The van der Waals surface area contributed by atoms with Crippen molar-refractivity contribution in [1.29, 1.82) is 0 Å². The number of phenols is 1. The monoisotopic (exact) mass is 481 g/mol. The van der Waals surface area contributed by atoms with Crippen molar-refractivity contribution in [2.75, 3.05) is 5.75 Å². The molecule has 0 fully saturated rings. The third-order valence-corrected chi connectivity index (χ3v) is 6.42. The topological polar surface area (TPSA) is 115 Å². The summed E-state index contributed by atoms with van der Waals surface area (Å²) >= 11 is 1.38. The Labute approximate surface area is 203 Å². The minimum absolute atomic E-state index is 0.159. The zero-order valence-electron chi connectivity index (χ0n) is 20.3. The predicted molar refractivity (Wildman–Crippen MR) is 137 cm³/mol. The molecule has 0 aliphatic carbocycles. The maximum absolute atomic E-state index is 12.4. The van der Waals surface area contributed by atoms with Gasteiger partial charge in [-0.1, -0.05) is 53.7 Å². The number of carbonyl (C=O) groups is 2. The number of hydrogen-bond acceptors (Lipinski definition) is 5. The summed E-state index contributed by atoms with van der Waals surface area (Å²) in [6.45, 7) is 12.3. The van der Waals surface area contributed by atoms with Gasteiger partial charge < -0.3 is 15.2 Å². The third-order valence-electron chi connectivity index (χ3n) is 5.44. The number of phenolic OH excluding ortho intramolecular Hbond substituents is 1. The fourth-order valence-corrected chi connectivity index (χ4v) is 4.42. The van der Waals surface area contributed by atoms with Crippen molar-refractivity contribution < 1.29 is 19.8 Å². The number of nitrogens with one attached hydrogen (secondary N) is 2. The lowest BCUT2D eigenvalue weighted by molar-refractivity contribution is -0.118. The van der Waals surface area contributed by atoms with Gasteiger partial charge in [0.2, 0.25) is 5.91 Å². The van der Waals surface area contributed by atoms with Crippen LogP contribution in [0.15, 0.2) is 46.5 Å². The first-order valence-corrected chi connectivity index (χ1v) is 11.9. The molecule has 0 aliphatic rings. The van der Waals surface area contributed by atoms with Gasteiger partial charge in [0, 0.05) is 33.2 Å². The second kappa shape index (κ2) is 9.54. The molecule has 2 aromatic carbocycles. The number of hydrogen-bond donors (Lipinski definition) is 4. The number of carbonyl (C=O) groups excluding carboxylic acids is 1. The molecule has 180 valence electrons. The Bertz CT molecular complexity index is 1230. The van der Waals surface area contributed by atoms with E-state index in [4.69, 9.17) is 0 Å². The number of nitrogens with zero attached hydrogens (tertiary/aromatic N) is 1. The lowest BCUT2D eigenvalue weighted by atomic mass is 9.79. The van der Waals surface area contributed by atoms with Gasteiger partial charge in [-0.3, -0.25) is 4.79 Å². The molecule has 4 N–H and O–H groups in total. The Balaban J connectivity index is 1.71. The van der Waals surface area contributed by atoms with E-state index in [1.54, 1.807) is 18.3 Å². The van der Waals surface area contributed by atoms with Crippen LogP contribution in [0.3, 0.4) is 0 Å². The minimum Gasteiger partial charge on any atom is -0.507 e. The summed E-state index contributed by atoms with van der Waals surface area (Å²) in [4.78, 5) is 27.6. The summed E-state index contributed by atoms with van der Waals surface area (Å²) in [5.74, 6) is -0.815. The van der Waals surface area contributed by atoms with Gasteiger partial charge in [-0.05, 0) is 29.0 Å². The summed E-state index contributed by atoms with van der Waals surface area (Å²) < 4.78 is 0. The highest BCUT2D eigenvalue weighted by molar-refractivity contribution is 8.00. The predicted octanol–water partition coefficient (Wildman–Crippen LogP) is 5.41. The van der Waals surface area contributed by atoms with E-state index in [0.29, 0.717) is 22.2 Å². The van der Waals surface area contributed by atoms with Crippen molar-refractivity contribution >= 4 is 40.8 Å². The molecule has 0 spiro atoms. The van der Waals surface area contributed by atoms with E-state index < -0.39 is 5.97 Å². The zero-order chi connectivity index (χ0) is 25.3. The van der Waals surface area contributed by atoms with Crippen molar-refractivity contribution in [3.05, 3.63) is 58.8 Å². The molecule has 0 unspecified atom stereocenters. The zero-order valence-corrected chi connectivity index (χ0v) is 21.1. The van der Waals surface area contributed by atoms with Crippen LogP contribution in [0.1, 0.15) is 68.6 Å². The average molecular weight is 482 g/mol. The Morgan fingerprint density at radius 1 is 1.09 bits per heavy atom. The number of fused-ring (bicyclic) bond motifs is 1. The molecule has 7 nitrogen and oxygen atoms in total. The normalized spacial score (nSPS) is 12.4. The summed E-state index contributed by atoms with van der Waals surface area (Å²) in [6, 6.07) is 8.87. The van der Waals surface area contributed by atoms with E-state index in [9.17, 15) is 19.8 Å². The fourth-order valence-electron chi connectivity index (χ4n) is 3.65. The highest BCUT2D eigenvalue weighted by atomic mass is 32.2. The molecule has 0 bridgehead atoms. The van der Waals surface area contributed by atoms with Crippen LogP contribution in [-0.2, 0) is 15.6 Å². The van der Waals surface area contributed by atoms with Gasteiger partial charge in [0.15, 0.2) is 0 Å². The molecule has 3 rings (SSSR count). The third kappa shape index (κ3) is 5.62. The number of amides is 1. The molecule has 0 saturated heterocycles. The molecule has 34 heavy (non-hydrogen) atoms. The highest BCUT2D eigenvalue weighted by Gasteiger charge is 2.26. The molecule has 1 aromatic heterocycles. The first kappa shape index (κ1) is 25.4. The first-order valence-electron chi connectivity index (χ1n) is 10.9. The molecule has 1 heterocycles. The van der Waals surface area contributed by atoms with E-state index in [-0.39, 0.29) is 28.1 Å². The van der Waals surface area contributed by atoms with Gasteiger partial charge in [-0.25, -0.2) is 10.2 Å². The van der Waals surface area contributed by atoms with Crippen LogP contribution in [0.5, 0.6) is 5.75 Å². The van der Waals surface area contributed by atoms with Gasteiger partial charge >= 0.3 is 5.97 Å². The van der Waals surface area contributed by atoms with Crippen molar-refractivity contribution in [1.82, 2.24) is 10.4 Å². The van der Waals surface area contributed by atoms with Crippen LogP contribution in [0.4, 0.5) is 0 Å². The number of thioether (sulfide) groups is 1. The highest BCUT2D eigenvalue weighted by Crippen LogP contribution is 2.41. The molecular formula is C26H31N3O4S. The van der Waals surface area contributed by atoms with Crippen molar-refractivity contribution in [2.24, 2.45) is 5.10 Å². The molecule has 0 saturated carbocycles. The number of hydrazone groups is 1. The number of H-pyrrole nitrogens is 1. The number of aromatic amines is 1. The number of aromatic carboxylic acids is 1. The molecule has 3 aromatic rings. The van der Waals surface area contributed by atoms with Crippen molar-refractivity contribution in [2.45, 2.75) is 57.3 Å². The van der Waals surface area contributed by atoms with Crippen LogP contribution in [0, 0.1) is 0 Å². The summed E-state index contributed by atoms with van der Waals surface area (Å²) in [5.41, 5.74) is 5.10. The number of carboxylic acids is 1.